The van der Waals surface area contributed by atoms with E-state index in [1.165, 1.54) is 36.8 Å². The molecule has 2 aliphatic rings. The fourth-order valence-electron chi connectivity index (χ4n) is 5.61. The van der Waals surface area contributed by atoms with Crippen molar-refractivity contribution in [3.63, 3.8) is 0 Å². The third-order valence-corrected chi connectivity index (χ3v) is 7.86. The number of ether oxygens (including phenoxy) is 2. The number of aliphatic imine (C=N–C) groups is 1. The number of hydrogen-bond acceptors (Lipinski definition) is 6. The molecule has 2 fully saturated rings. The van der Waals surface area contributed by atoms with E-state index >= 15 is 0 Å². The Bertz CT molecular complexity index is 1290. The van der Waals surface area contributed by atoms with Crippen LogP contribution in [0.4, 0.5) is 4.79 Å². The summed E-state index contributed by atoms with van der Waals surface area (Å²) in [5.41, 5.74) is 6.36. The summed E-state index contributed by atoms with van der Waals surface area (Å²) in [6, 6.07) is 3.80. The van der Waals surface area contributed by atoms with E-state index in [0.717, 1.165) is 17.0 Å². The van der Waals surface area contributed by atoms with Gasteiger partial charge < -0.3 is 23.8 Å². The number of amides is 1. The molecule has 0 radical (unpaired) electrons. The van der Waals surface area contributed by atoms with Gasteiger partial charge in [-0.05, 0) is 90.5 Å². The van der Waals surface area contributed by atoms with Crippen molar-refractivity contribution in [2.24, 2.45) is 18.0 Å². The molecule has 3 rings (SSSR count). The molecule has 8 nitrogen and oxygen atoms in total. The molecule has 0 spiro atoms. The lowest BCUT2D eigenvalue weighted by atomic mass is 9.90. The predicted octanol–water partition coefficient (Wildman–Crippen LogP) is 7.83. The Morgan fingerprint density at radius 2 is 1.75 bits per heavy atom. The Labute approximate surface area is 266 Å². The first-order chi connectivity index (χ1) is 20.8. The van der Waals surface area contributed by atoms with E-state index in [1.54, 1.807) is 6.07 Å². The second-order valence-corrected chi connectivity index (χ2v) is 12.2. The number of hydrogen-bond donors (Lipinski definition) is 0. The van der Waals surface area contributed by atoms with Crippen molar-refractivity contribution < 1.29 is 19.1 Å². The minimum absolute atomic E-state index is 0.106. The summed E-state index contributed by atoms with van der Waals surface area (Å²) < 4.78 is 12.4. The maximum absolute atomic E-state index is 12.8. The number of methoxy groups -OCH3 is 1. The summed E-state index contributed by atoms with van der Waals surface area (Å²) in [6.45, 7) is 25.1. The summed E-state index contributed by atoms with van der Waals surface area (Å²) in [6.07, 6.45) is 8.93. The first-order valence-corrected chi connectivity index (χ1v) is 16.0. The summed E-state index contributed by atoms with van der Waals surface area (Å²) in [7, 11) is 3.25. The fourth-order valence-corrected chi connectivity index (χ4v) is 5.61. The van der Waals surface area contributed by atoms with Crippen LogP contribution in [0.15, 0.2) is 58.8 Å². The van der Waals surface area contributed by atoms with Crippen LogP contribution in [-0.2, 0) is 16.5 Å². The lowest BCUT2D eigenvalue weighted by Crippen LogP contribution is -2.54. The molecule has 0 N–H and O–H groups in total. The lowest BCUT2D eigenvalue weighted by Gasteiger charge is -2.43. The topological polar surface area (TPSA) is 76.4 Å². The number of esters is 1. The largest absolute Gasteiger partial charge is 0.464 e. The summed E-state index contributed by atoms with van der Waals surface area (Å²) in [4.78, 5) is 34.4. The lowest BCUT2D eigenvalue weighted by molar-refractivity contribution is 0.0101. The second-order valence-electron chi connectivity index (χ2n) is 12.2. The maximum Gasteiger partial charge on any atom is 0.410 e. The van der Waals surface area contributed by atoms with Gasteiger partial charge in [0.05, 0.1) is 13.7 Å². The zero-order valence-electron chi connectivity index (χ0n) is 29.1. The van der Waals surface area contributed by atoms with Crippen LogP contribution >= 0.6 is 0 Å². The SMILES string of the molecule is C=C(CC(=NC/C=C\C)C(/C(=C\C)C1CC1)=C(\C)N1CCN(C(=O)OC(C)(C)C)C[C@@H]1C)c1ccc(C(=O)OC)n1C.CC. The molecule has 2 heterocycles. The van der Waals surface area contributed by atoms with E-state index in [9.17, 15) is 9.59 Å². The smallest absolute Gasteiger partial charge is 0.410 e. The van der Waals surface area contributed by atoms with Crippen LogP contribution in [0.25, 0.3) is 5.57 Å². The van der Waals surface area contributed by atoms with E-state index < -0.39 is 5.60 Å². The van der Waals surface area contributed by atoms with Crippen LogP contribution in [0.1, 0.15) is 97.8 Å². The second kappa shape index (κ2) is 16.5. The van der Waals surface area contributed by atoms with Gasteiger partial charge in [0.25, 0.3) is 0 Å². The molecular weight excluding hydrogens is 552 g/mol. The van der Waals surface area contributed by atoms with Crippen molar-refractivity contribution in [3.05, 3.63) is 65.2 Å². The molecule has 1 aromatic rings. The van der Waals surface area contributed by atoms with Crippen molar-refractivity contribution in [2.75, 3.05) is 33.3 Å². The molecule has 244 valence electrons. The first-order valence-electron chi connectivity index (χ1n) is 16.0. The Morgan fingerprint density at radius 3 is 2.27 bits per heavy atom. The molecule has 8 heteroatoms. The molecule has 1 aliphatic heterocycles. The minimum atomic E-state index is -0.526. The van der Waals surface area contributed by atoms with E-state index in [-0.39, 0.29) is 18.1 Å². The summed E-state index contributed by atoms with van der Waals surface area (Å²) >= 11 is 0. The van der Waals surface area contributed by atoms with Gasteiger partial charge in [0.15, 0.2) is 0 Å². The van der Waals surface area contributed by atoms with Gasteiger partial charge in [0.1, 0.15) is 11.3 Å². The highest BCUT2D eigenvalue weighted by atomic mass is 16.6. The predicted molar refractivity (Wildman–Crippen MR) is 182 cm³/mol. The van der Waals surface area contributed by atoms with Gasteiger partial charge in [0, 0.05) is 61.8 Å². The van der Waals surface area contributed by atoms with Gasteiger partial charge >= 0.3 is 12.1 Å². The van der Waals surface area contributed by atoms with Gasteiger partial charge in [0.2, 0.25) is 0 Å². The number of rotatable bonds is 10. The number of nitrogens with zero attached hydrogens (tertiary/aromatic N) is 4. The molecule has 1 saturated heterocycles. The summed E-state index contributed by atoms with van der Waals surface area (Å²) in [5, 5.41) is 0. The average molecular weight is 609 g/mol. The van der Waals surface area contributed by atoms with Crippen LogP contribution in [0.3, 0.4) is 0 Å². The van der Waals surface area contributed by atoms with Crippen molar-refractivity contribution in [1.29, 1.82) is 0 Å². The molecule has 0 unspecified atom stereocenters. The Balaban J connectivity index is 0.00000330. The highest BCUT2D eigenvalue weighted by Crippen LogP contribution is 2.43. The van der Waals surface area contributed by atoms with E-state index in [4.69, 9.17) is 14.5 Å². The molecule has 0 bridgehead atoms. The minimum Gasteiger partial charge on any atom is -0.464 e. The van der Waals surface area contributed by atoms with Gasteiger partial charge in [-0.15, -0.1) is 0 Å². The van der Waals surface area contributed by atoms with Crippen LogP contribution in [0, 0.1) is 5.92 Å². The molecule has 1 saturated carbocycles. The van der Waals surface area contributed by atoms with Crippen LogP contribution in [-0.4, -0.2) is 77.1 Å². The highest BCUT2D eigenvalue weighted by molar-refractivity contribution is 6.09. The van der Waals surface area contributed by atoms with Gasteiger partial charge in [-0.2, -0.15) is 0 Å². The molecule has 1 atom stereocenters. The van der Waals surface area contributed by atoms with Gasteiger partial charge in [-0.25, -0.2) is 9.59 Å². The molecule has 1 aliphatic carbocycles. The van der Waals surface area contributed by atoms with Crippen molar-refractivity contribution >= 4 is 23.3 Å². The van der Waals surface area contributed by atoms with E-state index in [2.05, 4.69) is 44.4 Å². The zero-order valence-corrected chi connectivity index (χ0v) is 29.1. The van der Waals surface area contributed by atoms with Crippen LogP contribution in [0.5, 0.6) is 0 Å². The third kappa shape index (κ3) is 9.47. The van der Waals surface area contributed by atoms with Crippen LogP contribution < -0.4 is 0 Å². The average Bonchev–Trinajstić information content (AvgIpc) is 3.75. The fraction of sp³-hybridized carbons (Fsp3) is 0.583. The molecule has 44 heavy (non-hydrogen) atoms. The zero-order chi connectivity index (χ0) is 33.2. The Hall–Kier alpha value is -3.55. The van der Waals surface area contributed by atoms with E-state index in [0.29, 0.717) is 44.2 Å². The molecule has 1 aromatic heterocycles. The standard InChI is InChI=1S/C34H50N4O4.C2H6/c1-11-13-18-35-28(21-23(3)29-16-17-30(36(29)9)32(39)41-10)31(27(12-2)26-14-15-26)25(5)38-20-19-37(22-24(38)4)33(40)42-34(6,7)8;1-2/h11-13,16-17,24,26H,3,14-15,18-22H2,1-2,4-10H3;1-2H3/b13-11-,27-12-,31-25+,35-28?;/t24-;/m0./s1. The number of aromatic nitrogens is 1. The number of carbonyl (C=O) groups is 2. The molecular formula is C36H56N4O4. The van der Waals surface area contributed by atoms with Crippen molar-refractivity contribution in [3.8, 4) is 0 Å². The van der Waals surface area contributed by atoms with E-state index in [1.807, 2.05) is 70.2 Å². The summed E-state index contributed by atoms with van der Waals surface area (Å²) in [5.74, 6) is 0.138. The number of carbonyl (C=O) groups excluding carboxylic acids is 2. The van der Waals surface area contributed by atoms with Gasteiger partial charge in [-0.3, -0.25) is 4.99 Å². The first kappa shape index (κ1) is 36.6. The Kier molecular flexibility index (Phi) is 13.7. The maximum atomic E-state index is 12.8. The highest BCUT2D eigenvalue weighted by Gasteiger charge is 2.35. The third-order valence-electron chi connectivity index (χ3n) is 7.86. The number of piperazine rings is 1. The quantitative estimate of drug-likeness (QED) is 0.117. The molecule has 0 aromatic carbocycles. The Morgan fingerprint density at radius 1 is 1.11 bits per heavy atom. The monoisotopic (exact) mass is 608 g/mol. The van der Waals surface area contributed by atoms with Gasteiger partial charge in [-0.1, -0.05) is 38.7 Å². The molecule has 1 amide bonds. The van der Waals surface area contributed by atoms with Crippen molar-refractivity contribution in [1.82, 2.24) is 14.4 Å². The number of allylic oxidation sites excluding steroid dienone is 6. The van der Waals surface area contributed by atoms with Crippen molar-refractivity contribution in [2.45, 2.75) is 93.2 Å². The normalized spacial score (nSPS) is 18.5. The van der Waals surface area contributed by atoms with Crippen LogP contribution in [0.2, 0.25) is 0 Å².